The lowest BCUT2D eigenvalue weighted by Gasteiger charge is -2.15. The van der Waals surface area contributed by atoms with Crippen molar-refractivity contribution >= 4 is 11.7 Å². The van der Waals surface area contributed by atoms with Gasteiger partial charge in [0.25, 0.3) is 5.56 Å². The average molecular weight is 222 g/mol. The number of carbonyl (C=O) groups excluding carboxylic acids is 1. The van der Waals surface area contributed by atoms with Gasteiger partial charge >= 0.3 is 0 Å². The number of aromatic nitrogens is 2. The van der Waals surface area contributed by atoms with Crippen molar-refractivity contribution in [2.24, 2.45) is 0 Å². The van der Waals surface area contributed by atoms with Gasteiger partial charge in [0.15, 0.2) is 0 Å². The second kappa shape index (κ2) is 4.34. The Labute approximate surface area is 92.7 Å². The largest absolute Gasteiger partial charge is 0.382 e. The van der Waals surface area contributed by atoms with Crippen LogP contribution in [0.4, 0.5) is 5.82 Å². The Morgan fingerprint density at radius 1 is 1.38 bits per heavy atom. The van der Waals surface area contributed by atoms with Crippen molar-refractivity contribution in [3.05, 3.63) is 22.5 Å². The predicted molar refractivity (Wildman–Crippen MR) is 58.7 cm³/mol. The van der Waals surface area contributed by atoms with Gasteiger partial charge in [-0.3, -0.25) is 9.59 Å². The van der Waals surface area contributed by atoms with Crippen LogP contribution in [-0.4, -0.2) is 33.7 Å². The Morgan fingerprint density at radius 2 is 2.06 bits per heavy atom. The minimum Gasteiger partial charge on any atom is -0.382 e. The normalized spacial score (nSPS) is 15.4. The fraction of sp³-hybridized carbons (Fsp3) is 0.500. The first-order valence-electron chi connectivity index (χ1n) is 5.28. The van der Waals surface area contributed by atoms with Gasteiger partial charge in [0.05, 0.1) is 0 Å². The molecule has 0 aromatic carbocycles. The van der Waals surface area contributed by atoms with E-state index in [2.05, 4.69) is 5.10 Å². The third-order valence-electron chi connectivity index (χ3n) is 2.63. The molecule has 6 heteroatoms. The van der Waals surface area contributed by atoms with Crippen molar-refractivity contribution in [1.82, 2.24) is 14.7 Å². The summed E-state index contributed by atoms with van der Waals surface area (Å²) in [5.41, 5.74) is 5.16. The van der Waals surface area contributed by atoms with Gasteiger partial charge < -0.3 is 10.6 Å². The molecule has 1 aliphatic heterocycles. The fourth-order valence-corrected chi connectivity index (χ4v) is 1.77. The quantitative estimate of drug-likeness (QED) is 0.727. The van der Waals surface area contributed by atoms with Gasteiger partial charge in [-0.15, -0.1) is 0 Å². The summed E-state index contributed by atoms with van der Waals surface area (Å²) < 4.78 is 1.11. The molecule has 1 aromatic rings. The van der Waals surface area contributed by atoms with Crippen LogP contribution in [0.3, 0.4) is 0 Å². The van der Waals surface area contributed by atoms with E-state index in [-0.39, 0.29) is 23.8 Å². The summed E-state index contributed by atoms with van der Waals surface area (Å²) >= 11 is 0. The summed E-state index contributed by atoms with van der Waals surface area (Å²) in [6.45, 7) is 1.52. The van der Waals surface area contributed by atoms with Gasteiger partial charge in [0, 0.05) is 19.2 Å². The van der Waals surface area contributed by atoms with Crippen LogP contribution in [0.2, 0.25) is 0 Å². The molecule has 86 valence electrons. The number of nitrogens with zero attached hydrogens (tertiary/aromatic N) is 3. The molecular formula is C10H14N4O2. The second-order valence-corrected chi connectivity index (χ2v) is 3.84. The Balaban J connectivity index is 2.11. The van der Waals surface area contributed by atoms with Crippen LogP contribution < -0.4 is 11.3 Å². The maximum Gasteiger partial charge on any atom is 0.267 e. The smallest absolute Gasteiger partial charge is 0.267 e. The zero-order valence-corrected chi connectivity index (χ0v) is 8.93. The van der Waals surface area contributed by atoms with Crippen molar-refractivity contribution in [3.63, 3.8) is 0 Å². The van der Waals surface area contributed by atoms with Gasteiger partial charge in [-0.25, -0.2) is 4.68 Å². The van der Waals surface area contributed by atoms with E-state index in [1.807, 2.05) is 0 Å². The number of likely N-dealkylation sites (tertiary alicyclic amines) is 1. The Morgan fingerprint density at radius 3 is 2.75 bits per heavy atom. The molecule has 0 radical (unpaired) electrons. The van der Waals surface area contributed by atoms with Crippen molar-refractivity contribution in [3.8, 4) is 0 Å². The molecule has 0 bridgehead atoms. The SMILES string of the molecule is Nc1ccc(=O)n(CC(=O)N2CCCC2)n1. The fourth-order valence-electron chi connectivity index (χ4n) is 1.77. The van der Waals surface area contributed by atoms with E-state index in [4.69, 9.17) is 5.73 Å². The summed E-state index contributed by atoms with van der Waals surface area (Å²) in [6, 6.07) is 2.75. The third kappa shape index (κ3) is 2.21. The number of nitrogens with two attached hydrogens (primary N) is 1. The molecule has 0 aliphatic carbocycles. The highest BCUT2D eigenvalue weighted by Gasteiger charge is 2.18. The van der Waals surface area contributed by atoms with E-state index >= 15 is 0 Å². The first-order valence-corrected chi connectivity index (χ1v) is 5.28. The highest BCUT2D eigenvalue weighted by molar-refractivity contribution is 5.76. The van der Waals surface area contributed by atoms with Gasteiger partial charge in [-0.05, 0) is 18.9 Å². The highest BCUT2D eigenvalue weighted by atomic mass is 16.2. The monoisotopic (exact) mass is 222 g/mol. The molecule has 0 spiro atoms. The van der Waals surface area contributed by atoms with Gasteiger partial charge in [0.1, 0.15) is 12.4 Å². The number of rotatable bonds is 2. The number of amides is 1. The van der Waals surface area contributed by atoms with E-state index in [1.54, 1.807) is 4.90 Å². The molecule has 1 aromatic heterocycles. The number of hydrogen-bond donors (Lipinski definition) is 1. The topological polar surface area (TPSA) is 81.2 Å². The molecule has 1 amide bonds. The van der Waals surface area contributed by atoms with Crippen LogP contribution in [0.5, 0.6) is 0 Å². The molecule has 0 saturated carbocycles. The van der Waals surface area contributed by atoms with E-state index in [0.29, 0.717) is 0 Å². The minimum absolute atomic E-state index is 0.0239. The van der Waals surface area contributed by atoms with E-state index in [1.165, 1.54) is 12.1 Å². The summed E-state index contributed by atoms with van der Waals surface area (Å²) in [7, 11) is 0. The summed E-state index contributed by atoms with van der Waals surface area (Å²) in [4.78, 5) is 24.9. The molecule has 2 heterocycles. The first-order chi connectivity index (χ1) is 7.66. The van der Waals surface area contributed by atoms with Crippen molar-refractivity contribution < 1.29 is 4.79 Å². The average Bonchev–Trinajstić information content (AvgIpc) is 2.76. The number of hydrogen-bond acceptors (Lipinski definition) is 4. The van der Waals surface area contributed by atoms with Crippen LogP contribution in [-0.2, 0) is 11.3 Å². The Hall–Kier alpha value is -1.85. The first kappa shape index (κ1) is 10.7. The minimum atomic E-state index is -0.304. The van der Waals surface area contributed by atoms with Crippen LogP contribution >= 0.6 is 0 Å². The standard InChI is InChI=1S/C10H14N4O2/c11-8-3-4-9(15)14(12-8)7-10(16)13-5-1-2-6-13/h3-4H,1-2,5-7H2,(H2,11,12). The molecule has 1 fully saturated rings. The van der Waals surface area contributed by atoms with Gasteiger partial charge in [-0.1, -0.05) is 0 Å². The number of anilines is 1. The van der Waals surface area contributed by atoms with Crippen LogP contribution in [0, 0.1) is 0 Å². The van der Waals surface area contributed by atoms with E-state index in [0.717, 1.165) is 30.6 Å². The molecule has 1 aliphatic rings. The highest BCUT2D eigenvalue weighted by Crippen LogP contribution is 2.07. The summed E-state index contributed by atoms with van der Waals surface area (Å²) in [5.74, 6) is 0.173. The summed E-state index contributed by atoms with van der Waals surface area (Å²) in [6.07, 6.45) is 2.07. The van der Waals surface area contributed by atoms with E-state index < -0.39 is 0 Å². The predicted octanol–water partition coefficient (Wildman–Crippen LogP) is -0.552. The molecule has 16 heavy (non-hydrogen) atoms. The lowest BCUT2D eigenvalue weighted by Crippen LogP contribution is -2.35. The van der Waals surface area contributed by atoms with Gasteiger partial charge in [0.2, 0.25) is 5.91 Å². The molecule has 1 saturated heterocycles. The second-order valence-electron chi connectivity index (χ2n) is 3.84. The molecule has 6 nitrogen and oxygen atoms in total. The molecule has 0 atom stereocenters. The Kier molecular flexibility index (Phi) is 2.89. The molecule has 2 N–H and O–H groups in total. The van der Waals surface area contributed by atoms with E-state index in [9.17, 15) is 9.59 Å². The maximum absolute atomic E-state index is 11.8. The van der Waals surface area contributed by atoms with Crippen LogP contribution in [0.1, 0.15) is 12.8 Å². The number of nitrogen functional groups attached to an aromatic ring is 1. The zero-order chi connectivity index (χ0) is 11.5. The lowest BCUT2D eigenvalue weighted by atomic mass is 10.4. The van der Waals surface area contributed by atoms with Crippen molar-refractivity contribution in [2.75, 3.05) is 18.8 Å². The van der Waals surface area contributed by atoms with Crippen LogP contribution in [0.15, 0.2) is 16.9 Å². The van der Waals surface area contributed by atoms with Gasteiger partial charge in [-0.2, -0.15) is 5.10 Å². The number of carbonyl (C=O) groups is 1. The molecular weight excluding hydrogens is 208 g/mol. The Bertz CT molecular complexity index is 448. The zero-order valence-electron chi connectivity index (χ0n) is 8.93. The van der Waals surface area contributed by atoms with Crippen molar-refractivity contribution in [2.45, 2.75) is 19.4 Å². The van der Waals surface area contributed by atoms with Crippen LogP contribution in [0.25, 0.3) is 0 Å². The van der Waals surface area contributed by atoms with Crippen molar-refractivity contribution in [1.29, 1.82) is 0 Å². The summed E-state index contributed by atoms with van der Waals surface area (Å²) in [5, 5.41) is 3.82. The molecule has 2 rings (SSSR count). The lowest BCUT2D eigenvalue weighted by molar-refractivity contribution is -0.131. The molecule has 0 unspecified atom stereocenters. The maximum atomic E-state index is 11.8. The third-order valence-corrected chi connectivity index (χ3v) is 2.63.